The number of ether oxygens (including phenoxy) is 1. The van der Waals surface area contributed by atoms with Crippen LogP contribution in [-0.2, 0) is 14.4 Å². The van der Waals surface area contributed by atoms with Crippen molar-refractivity contribution >= 4 is 75.8 Å². The number of rotatable bonds is 18. The first-order valence-corrected chi connectivity index (χ1v) is 26.8. The van der Waals surface area contributed by atoms with E-state index >= 15 is 4.39 Å². The summed E-state index contributed by atoms with van der Waals surface area (Å²) in [6, 6.07) is 10.7. The van der Waals surface area contributed by atoms with E-state index in [-0.39, 0.29) is 37.8 Å². The number of aliphatic hydroxyl groups is 1. The van der Waals surface area contributed by atoms with Gasteiger partial charge in [0.25, 0.3) is 11.8 Å². The molecule has 4 aliphatic rings. The van der Waals surface area contributed by atoms with Crippen LogP contribution in [-0.4, -0.2) is 146 Å². The number of carbonyl (C=O) groups is 4. The Kier molecular flexibility index (Phi) is 16.5. The van der Waals surface area contributed by atoms with E-state index in [0.717, 1.165) is 72.8 Å². The van der Waals surface area contributed by atoms with E-state index in [0.29, 0.717) is 58.7 Å². The van der Waals surface area contributed by atoms with Gasteiger partial charge in [-0.2, -0.15) is 16.7 Å². The zero-order chi connectivity index (χ0) is 50.6. The van der Waals surface area contributed by atoms with Crippen molar-refractivity contribution in [1.82, 2.24) is 40.3 Å². The number of aromatic nitrogens is 3. The molecule has 0 radical (unpaired) electrons. The summed E-state index contributed by atoms with van der Waals surface area (Å²) in [6.07, 6.45) is 4.98. The van der Waals surface area contributed by atoms with Crippen LogP contribution in [0.1, 0.15) is 93.4 Å². The number of piperazine rings is 1. The number of benzene rings is 2. The van der Waals surface area contributed by atoms with Crippen molar-refractivity contribution in [3.63, 3.8) is 0 Å². The second-order valence-electron chi connectivity index (χ2n) is 20.0. The lowest BCUT2D eigenvalue weighted by molar-refractivity contribution is -0.143. The molecule has 2 aliphatic carbocycles. The van der Waals surface area contributed by atoms with Crippen molar-refractivity contribution in [3.8, 4) is 16.2 Å². The Morgan fingerprint density at radius 3 is 2.37 bits per heavy atom. The van der Waals surface area contributed by atoms with E-state index in [1.54, 1.807) is 55.5 Å². The largest absolute Gasteiger partial charge is 0.495 e. The number of thioether (sulfide) groups is 1. The first-order valence-electron chi connectivity index (χ1n) is 24.6. The first kappa shape index (κ1) is 52.2. The number of methoxy groups -OCH3 is 1. The molecule has 2 aromatic heterocycles. The van der Waals surface area contributed by atoms with Crippen LogP contribution < -0.4 is 26.0 Å². The van der Waals surface area contributed by atoms with Gasteiger partial charge in [-0.25, -0.2) is 14.4 Å². The van der Waals surface area contributed by atoms with Gasteiger partial charge >= 0.3 is 0 Å². The number of likely N-dealkylation sites (tertiary alicyclic amines) is 1. The van der Waals surface area contributed by atoms with Crippen molar-refractivity contribution in [2.45, 2.75) is 107 Å². The minimum atomic E-state index is -2.00. The van der Waals surface area contributed by atoms with Gasteiger partial charge in [0.15, 0.2) is 5.67 Å². The van der Waals surface area contributed by atoms with E-state index in [9.17, 15) is 24.3 Å². The maximum absolute atomic E-state index is 15.2. The number of hydrogen-bond donors (Lipinski definition) is 5. The topological polar surface area (TPSA) is 194 Å². The molecule has 2 aliphatic heterocycles. The Balaban J connectivity index is 0.816. The molecule has 20 heteroatoms. The average Bonchev–Trinajstić information content (AvgIpc) is 3.78. The van der Waals surface area contributed by atoms with Gasteiger partial charge < -0.3 is 40.9 Å². The maximum atomic E-state index is 15.2. The molecule has 4 amide bonds. The molecule has 0 unspecified atom stereocenters. The number of aliphatic hydroxyl groups excluding tert-OH is 1. The van der Waals surface area contributed by atoms with Crippen LogP contribution in [0.3, 0.4) is 0 Å². The molecule has 2 saturated carbocycles. The number of alkyl halides is 1. The number of halogens is 2. The standard InChI is InChI=1S/C51H66ClFN10O6S2/c1-30(34-11-13-35(14-12-34)42-31(2)56-29-70-42)57-45(65)40-24-37(64)27-63(40)47(67)43(59-48(68)51(53)17-18-51)50(3,4)71-28-33-9-7-32(8-10-33)26-61-19-21-62(22-20-61)46(66)36-15-16-39(41(23-36)69-6)58-49-55-25-38(52)44(54-5)60-49/h11-16,23,25,29-30,32-33,37,40,43,64H,7-10,17-22,24,26-28H2,1-6H3,(H,57,65)(H,59,68)(H2,54,55,58,60)/t30-,32?,33?,37+,40-,43+/m0/s1. The fourth-order valence-electron chi connectivity index (χ4n) is 9.83. The molecule has 71 heavy (non-hydrogen) atoms. The van der Waals surface area contributed by atoms with E-state index in [1.807, 2.05) is 62.4 Å². The van der Waals surface area contributed by atoms with Gasteiger partial charge in [0, 0.05) is 63.0 Å². The number of carbonyl (C=O) groups excluding carboxylic acids is 4. The number of hydrogen-bond acceptors (Lipinski definition) is 14. The van der Waals surface area contributed by atoms with E-state index in [4.69, 9.17) is 16.3 Å². The van der Waals surface area contributed by atoms with E-state index < -0.39 is 46.3 Å². The number of nitrogens with one attached hydrogen (secondary N) is 4. The number of nitrogens with zero attached hydrogens (tertiary/aromatic N) is 6. The van der Waals surface area contributed by atoms with Crippen molar-refractivity contribution in [1.29, 1.82) is 0 Å². The van der Waals surface area contributed by atoms with Gasteiger partial charge in [0.05, 0.1) is 47.2 Å². The van der Waals surface area contributed by atoms with E-state index in [1.165, 1.54) is 11.1 Å². The lowest BCUT2D eigenvalue weighted by Crippen LogP contribution is -2.61. The van der Waals surface area contributed by atoms with Gasteiger partial charge in [-0.05, 0) is 113 Å². The van der Waals surface area contributed by atoms with Gasteiger partial charge in [-0.3, -0.25) is 24.1 Å². The smallest absolute Gasteiger partial charge is 0.258 e. The second-order valence-corrected chi connectivity index (χ2v) is 22.9. The Labute approximate surface area is 428 Å². The molecule has 0 bridgehead atoms. The molecule has 4 atom stereocenters. The summed E-state index contributed by atoms with van der Waals surface area (Å²) in [4.78, 5) is 75.3. The van der Waals surface area contributed by atoms with Gasteiger partial charge in [-0.15, -0.1) is 11.3 Å². The van der Waals surface area contributed by atoms with Crippen LogP contribution in [0.4, 0.5) is 21.8 Å². The lowest BCUT2D eigenvalue weighted by atomic mass is 9.82. The van der Waals surface area contributed by atoms with Crippen molar-refractivity contribution in [3.05, 3.63) is 76.0 Å². The van der Waals surface area contributed by atoms with Crippen molar-refractivity contribution in [2.24, 2.45) is 11.8 Å². The third kappa shape index (κ3) is 12.4. The fraction of sp³-hybridized carbons (Fsp3) is 0.549. The number of thiazole rings is 1. The molecule has 8 rings (SSSR count). The highest BCUT2D eigenvalue weighted by atomic mass is 35.5. The number of aryl methyl sites for hydroxylation is 1. The van der Waals surface area contributed by atoms with Crippen molar-refractivity contribution in [2.75, 3.05) is 69.8 Å². The van der Waals surface area contributed by atoms with Crippen LogP contribution in [0.15, 0.2) is 54.2 Å². The SMILES string of the molecule is CNc1nc(Nc2ccc(C(=O)N3CCN(CC4CCC(CSC(C)(C)[C@H](NC(=O)C5(F)CC5)C(=O)N5C[C@H](O)C[C@H]5C(=O)N[C@@H](C)c5ccc(-c6scnc6C)cc5)CC4)CC3)cc2OC)ncc1Cl. The predicted octanol–water partition coefficient (Wildman–Crippen LogP) is 7.26. The number of amides is 4. The van der Waals surface area contributed by atoms with Crippen LogP contribution >= 0.6 is 34.7 Å². The first-order chi connectivity index (χ1) is 33.9. The van der Waals surface area contributed by atoms with Crippen LogP contribution in [0.25, 0.3) is 10.4 Å². The summed E-state index contributed by atoms with van der Waals surface area (Å²) < 4.78 is 20.0. The summed E-state index contributed by atoms with van der Waals surface area (Å²) in [7, 11) is 3.28. The Hall–Kier alpha value is -5.08. The molecule has 2 saturated heterocycles. The van der Waals surface area contributed by atoms with Crippen LogP contribution in [0.5, 0.6) is 5.75 Å². The van der Waals surface area contributed by atoms with Gasteiger partial charge in [0.1, 0.15) is 28.7 Å². The Morgan fingerprint density at radius 1 is 1.01 bits per heavy atom. The average molecular weight is 1030 g/mol. The highest BCUT2D eigenvalue weighted by Gasteiger charge is 2.54. The zero-order valence-corrected chi connectivity index (χ0v) is 43.7. The summed E-state index contributed by atoms with van der Waals surface area (Å²) in [5.41, 5.74) is 3.84. The van der Waals surface area contributed by atoms with Crippen LogP contribution in [0.2, 0.25) is 5.02 Å². The normalized spacial score (nSPS) is 22.0. The summed E-state index contributed by atoms with van der Waals surface area (Å²) in [5.74, 6) is 1.22. The van der Waals surface area contributed by atoms with E-state index in [2.05, 4.69) is 41.1 Å². The summed E-state index contributed by atoms with van der Waals surface area (Å²) >= 11 is 9.30. The lowest BCUT2D eigenvalue weighted by Gasteiger charge is -2.40. The maximum Gasteiger partial charge on any atom is 0.258 e. The van der Waals surface area contributed by atoms with Crippen molar-refractivity contribution < 1.29 is 33.4 Å². The molecule has 382 valence electrons. The Bertz CT molecular complexity index is 2550. The predicted molar refractivity (Wildman–Crippen MR) is 277 cm³/mol. The molecule has 2 aromatic carbocycles. The molecule has 16 nitrogen and oxygen atoms in total. The molecule has 0 spiro atoms. The highest BCUT2D eigenvalue weighted by molar-refractivity contribution is 8.00. The molecule has 4 aromatic rings. The fourth-order valence-corrected chi connectivity index (χ4v) is 12.1. The summed E-state index contributed by atoms with van der Waals surface area (Å²) in [6.45, 7) is 11.4. The second kappa shape index (κ2) is 22.4. The molecule has 4 fully saturated rings. The summed E-state index contributed by atoms with van der Waals surface area (Å²) in [5, 5.41) is 23.2. The monoisotopic (exact) mass is 1030 g/mol. The highest BCUT2D eigenvalue weighted by Crippen LogP contribution is 2.42. The minimum Gasteiger partial charge on any atom is -0.495 e. The molecule has 5 N–H and O–H groups in total. The third-order valence-electron chi connectivity index (χ3n) is 14.5. The molecular formula is C51H66ClFN10O6S2. The quantitative estimate of drug-likeness (QED) is 0.0670. The minimum absolute atomic E-state index is 0.0508. The number of β-amino-alcohol motifs (C(OH)–C–C–N with tert-alkyl or cyclic N) is 1. The number of anilines is 3. The molecular weight excluding hydrogens is 967 g/mol. The molecule has 4 heterocycles. The zero-order valence-electron chi connectivity index (χ0n) is 41.3. The van der Waals surface area contributed by atoms with Crippen LogP contribution in [0, 0.1) is 18.8 Å². The van der Waals surface area contributed by atoms with Gasteiger partial charge in [0.2, 0.25) is 17.8 Å². The third-order valence-corrected chi connectivity index (χ3v) is 17.3. The Morgan fingerprint density at radius 2 is 1.72 bits per heavy atom. The van der Waals surface area contributed by atoms with Gasteiger partial charge in [-0.1, -0.05) is 35.9 Å².